The Morgan fingerprint density at radius 3 is 1.24 bits per heavy atom. The summed E-state index contributed by atoms with van der Waals surface area (Å²) in [6.07, 6.45) is 1.01. The van der Waals surface area contributed by atoms with Crippen LogP contribution in [0.1, 0.15) is 63.8 Å². The molecule has 0 aliphatic carbocycles. The fourth-order valence-corrected chi connectivity index (χ4v) is 3.02. The number of rotatable bonds is 2. The molecule has 0 radical (unpaired) electrons. The summed E-state index contributed by atoms with van der Waals surface area (Å²) in [5, 5.41) is 0. The van der Waals surface area contributed by atoms with Gasteiger partial charge in [-0.05, 0) is 39.5 Å². The minimum Gasteiger partial charge on any atom is -0.0620 e. The third kappa shape index (κ3) is 3.75. The van der Waals surface area contributed by atoms with Crippen LogP contribution >= 0.6 is 0 Å². The molecule has 2 aromatic rings. The van der Waals surface area contributed by atoms with Gasteiger partial charge in [-0.3, -0.25) is 0 Å². The molecule has 0 spiro atoms. The van der Waals surface area contributed by atoms with E-state index in [1.165, 1.54) is 22.3 Å². The van der Waals surface area contributed by atoms with Crippen LogP contribution in [-0.4, -0.2) is 0 Å². The first-order valence-electron chi connectivity index (χ1n) is 7.86. The van der Waals surface area contributed by atoms with E-state index in [4.69, 9.17) is 0 Å². The molecule has 0 aliphatic heterocycles. The minimum absolute atomic E-state index is 0.188. The molecule has 0 unspecified atom stereocenters. The summed E-state index contributed by atoms with van der Waals surface area (Å²) in [5.74, 6) is 0. The van der Waals surface area contributed by atoms with Crippen LogP contribution in [0.5, 0.6) is 0 Å². The highest BCUT2D eigenvalue weighted by Crippen LogP contribution is 2.31. The monoisotopic (exact) mass is 280 g/mol. The van der Waals surface area contributed by atoms with Gasteiger partial charge in [-0.15, -0.1) is 0 Å². The average Bonchev–Trinajstić information content (AvgIpc) is 2.37. The predicted octanol–water partition coefficient (Wildman–Crippen LogP) is 5.87. The Bertz CT molecular complexity index is 551. The zero-order valence-corrected chi connectivity index (χ0v) is 14.3. The SMILES string of the molecule is CC(C)(C)c1ccccc1Cc1ccccc1C(C)(C)C. The van der Waals surface area contributed by atoms with Crippen LogP contribution < -0.4 is 0 Å². The molecular formula is C21H28. The van der Waals surface area contributed by atoms with Gasteiger partial charge in [-0.2, -0.15) is 0 Å². The standard InChI is InChI=1S/C21H28/c1-20(2,3)18-13-9-7-11-16(18)15-17-12-8-10-14-19(17)21(4,5)6/h7-14H,15H2,1-6H3. The van der Waals surface area contributed by atoms with Crippen molar-refractivity contribution in [3.8, 4) is 0 Å². The third-order valence-corrected chi connectivity index (χ3v) is 4.03. The Hall–Kier alpha value is -1.56. The summed E-state index contributed by atoms with van der Waals surface area (Å²) in [4.78, 5) is 0. The van der Waals surface area contributed by atoms with Crippen molar-refractivity contribution in [1.82, 2.24) is 0 Å². The van der Waals surface area contributed by atoms with E-state index in [9.17, 15) is 0 Å². The maximum absolute atomic E-state index is 2.29. The molecule has 0 fully saturated rings. The van der Waals surface area contributed by atoms with E-state index in [1.807, 2.05) is 0 Å². The normalized spacial score (nSPS) is 12.5. The van der Waals surface area contributed by atoms with Gasteiger partial charge < -0.3 is 0 Å². The maximum atomic E-state index is 2.29. The van der Waals surface area contributed by atoms with Crippen LogP contribution in [0.4, 0.5) is 0 Å². The second-order valence-corrected chi connectivity index (χ2v) is 7.99. The number of hydrogen-bond acceptors (Lipinski definition) is 0. The summed E-state index contributed by atoms with van der Waals surface area (Å²) in [5.41, 5.74) is 6.17. The van der Waals surface area contributed by atoms with Crippen LogP contribution in [0.3, 0.4) is 0 Å². The molecule has 0 amide bonds. The molecule has 112 valence electrons. The van der Waals surface area contributed by atoms with Gasteiger partial charge in [-0.1, -0.05) is 90.1 Å². The molecule has 0 heterocycles. The van der Waals surface area contributed by atoms with Crippen molar-refractivity contribution >= 4 is 0 Å². The lowest BCUT2D eigenvalue weighted by Gasteiger charge is -2.26. The zero-order valence-electron chi connectivity index (χ0n) is 14.3. The van der Waals surface area contributed by atoms with E-state index >= 15 is 0 Å². The molecular weight excluding hydrogens is 252 g/mol. The highest BCUT2D eigenvalue weighted by atomic mass is 14.2. The number of hydrogen-bond donors (Lipinski definition) is 0. The average molecular weight is 280 g/mol. The quantitative estimate of drug-likeness (QED) is 0.645. The fourth-order valence-electron chi connectivity index (χ4n) is 3.02. The van der Waals surface area contributed by atoms with Gasteiger partial charge in [0.25, 0.3) is 0 Å². The summed E-state index contributed by atoms with van der Waals surface area (Å²) >= 11 is 0. The van der Waals surface area contributed by atoms with Gasteiger partial charge in [0.05, 0.1) is 0 Å². The molecule has 0 heteroatoms. The van der Waals surface area contributed by atoms with Crippen molar-refractivity contribution in [2.24, 2.45) is 0 Å². The molecule has 21 heavy (non-hydrogen) atoms. The van der Waals surface area contributed by atoms with Crippen LogP contribution in [0.2, 0.25) is 0 Å². The molecule has 0 saturated carbocycles. The first-order chi connectivity index (χ1) is 9.69. The predicted molar refractivity (Wildman–Crippen MR) is 93.1 cm³/mol. The Morgan fingerprint density at radius 2 is 0.905 bits per heavy atom. The highest BCUT2D eigenvalue weighted by Gasteiger charge is 2.20. The molecule has 0 bridgehead atoms. The van der Waals surface area contributed by atoms with E-state index in [1.54, 1.807) is 0 Å². The summed E-state index contributed by atoms with van der Waals surface area (Å²) in [6.45, 7) is 13.8. The van der Waals surface area contributed by atoms with Crippen molar-refractivity contribution in [3.63, 3.8) is 0 Å². The minimum atomic E-state index is 0.188. The van der Waals surface area contributed by atoms with Crippen molar-refractivity contribution in [2.75, 3.05) is 0 Å². The second kappa shape index (κ2) is 5.67. The molecule has 2 rings (SSSR count). The van der Waals surface area contributed by atoms with Gasteiger partial charge in [0.15, 0.2) is 0 Å². The van der Waals surface area contributed by atoms with Gasteiger partial charge in [-0.25, -0.2) is 0 Å². The van der Waals surface area contributed by atoms with Crippen molar-refractivity contribution in [3.05, 3.63) is 70.8 Å². The Labute approximate surface area is 130 Å². The number of benzene rings is 2. The lowest BCUT2D eigenvalue weighted by molar-refractivity contribution is 0.577. The van der Waals surface area contributed by atoms with Gasteiger partial charge in [0.2, 0.25) is 0 Å². The topological polar surface area (TPSA) is 0 Å². The highest BCUT2D eigenvalue weighted by molar-refractivity contribution is 5.41. The molecule has 0 N–H and O–H groups in total. The molecule has 2 aromatic carbocycles. The van der Waals surface area contributed by atoms with Gasteiger partial charge in [0.1, 0.15) is 0 Å². The van der Waals surface area contributed by atoms with E-state index < -0.39 is 0 Å². The maximum Gasteiger partial charge on any atom is -0.00199 e. The van der Waals surface area contributed by atoms with E-state index in [0.29, 0.717) is 0 Å². The van der Waals surface area contributed by atoms with Crippen LogP contribution in [-0.2, 0) is 17.3 Å². The fraction of sp³-hybridized carbons (Fsp3) is 0.429. The smallest absolute Gasteiger partial charge is 0.00199 e. The van der Waals surface area contributed by atoms with E-state index in [2.05, 4.69) is 90.1 Å². The molecule has 0 nitrogen and oxygen atoms in total. The molecule has 0 saturated heterocycles. The van der Waals surface area contributed by atoms with Crippen molar-refractivity contribution in [1.29, 1.82) is 0 Å². The summed E-state index contributed by atoms with van der Waals surface area (Å²) in [6, 6.07) is 17.7. The first kappa shape index (κ1) is 15.8. The van der Waals surface area contributed by atoms with Gasteiger partial charge >= 0.3 is 0 Å². The van der Waals surface area contributed by atoms with E-state index in [0.717, 1.165) is 6.42 Å². The molecule has 0 atom stereocenters. The lowest BCUT2D eigenvalue weighted by atomic mass is 9.79. The third-order valence-electron chi connectivity index (χ3n) is 4.03. The van der Waals surface area contributed by atoms with Crippen molar-refractivity contribution in [2.45, 2.75) is 58.8 Å². The van der Waals surface area contributed by atoms with Gasteiger partial charge in [0, 0.05) is 0 Å². The molecule has 0 aromatic heterocycles. The van der Waals surface area contributed by atoms with Crippen LogP contribution in [0.25, 0.3) is 0 Å². The Kier molecular flexibility index (Phi) is 4.27. The molecule has 0 aliphatic rings. The largest absolute Gasteiger partial charge is 0.0620 e. The zero-order chi connectivity index (χ0) is 15.7. The summed E-state index contributed by atoms with van der Waals surface area (Å²) in [7, 11) is 0. The van der Waals surface area contributed by atoms with Crippen LogP contribution in [0.15, 0.2) is 48.5 Å². The Morgan fingerprint density at radius 1 is 0.571 bits per heavy atom. The second-order valence-electron chi connectivity index (χ2n) is 7.99. The Balaban J connectivity index is 2.45. The first-order valence-corrected chi connectivity index (χ1v) is 7.86. The van der Waals surface area contributed by atoms with Crippen LogP contribution in [0, 0.1) is 0 Å². The van der Waals surface area contributed by atoms with Crippen molar-refractivity contribution < 1.29 is 0 Å². The lowest BCUT2D eigenvalue weighted by Crippen LogP contribution is -2.17. The van der Waals surface area contributed by atoms with E-state index in [-0.39, 0.29) is 10.8 Å². The summed E-state index contributed by atoms with van der Waals surface area (Å²) < 4.78 is 0.